The first-order valence-electron chi connectivity index (χ1n) is 2.90. The maximum absolute atomic E-state index is 6.52. The molecule has 0 N–H and O–H groups in total. The molecule has 0 rings (SSSR count). The molecular weight excluding hydrogens is 307 g/mol. The van der Waals surface area contributed by atoms with Crippen LogP contribution in [0.4, 0.5) is 0 Å². The van der Waals surface area contributed by atoms with Crippen molar-refractivity contribution in [3.63, 3.8) is 0 Å². The van der Waals surface area contributed by atoms with Crippen molar-refractivity contribution in [2.45, 2.75) is 20.8 Å². The Hall–Kier alpha value is -0.210. The predicted octanol–water partition coefficient (Wildman–Crippen LogP) is 1.95. The molecule has 0 aromatic heterocycles. The molecule has 0 saturated heterocycles. The molecule has 0 aromatic rings. The van der Waals surface area contributed by atoms with E-state index in [0.717, 1.165) is 0 Å². The third-order valence-electron chi connectivity index (χ3n) is 0.561. The van der Waals surface area contributed by atoms with Crippen LogP contribution in [0.15, 0.2) is 0 Å². The second-order valence-corrected chi connectivity index (χ2v) is 4.80. The van der Waals surface area contributed by atoms with Crippen molar-refractivity contribution in [3.05, 3.63) is 11.4 Å². The summed E-state index contributed by atoms with van der Waals surface area (Å²) in [5.41, 5.74) is 0.110. The number of nitrogens with zero attached hydrogens (tertiary/aromatic N) is 1. The van der Waals surface area contributed by atoms with Gasteiger partial charge in [-0.3, -0.25) is 0 Å². The van der Waals surface area contributed by atoms with Crippen LogP contribution in [-0.2, 0) is 19.8 Å². The second-order valence-electron chi connectivity index (χ2n) is 2.81. The zero-order chi connectivity index (χ0) is 8.04. The fourth-order valence-corrected chi connectivity index (χ4v) is 1.53. The van der Waals surface area contributed by atoms with E-state index >= 15 is 0 Å². The van der Waals surface area contributed by atoms with Crippen LogP contribution in [-0.4, -0.2) is 4.76 Å². The van der Waals surface area contributed by atoms with Crippen LogP contribution in [0, 0.1) is 22.0 Å². The van der Waals surface area contributed by atoms with Gasteiger partial charge in [-0.25, -0.2) is 0 Å². The first-order chi connectivity index (χ1) is 4.56. The van der Waals surface area contributed by atoms with Crippen molar-refractivity contribution in [1.29, 1.82) is 0 Å². The molecule has 59 valence electrons. The quantitative estimate of drug-likeness (QED) is 0.301. The van der Waals surface area contributed by atoms with Crippen molar-refractivity contribution in [2.75, 3.05) is 4.76 Å². The van der Waals surface area contributed by atoms with Crippen molar-refractivity contribution in [3.8, 4) is 10.1 Å². The minimum atomic E-state index is -0.0559. The summed E-state index contributed by atoms with van der Waals surface area (Å²) in [5.74, 6) is 3.11. The molecule has 0 aliphatic heterocycles. The Balaban J connectivity index is 3.62. The van der Waals surface area contributed by atoms with Crippen LogP contribution >= 0.6 is 0 Å². The van der Waals surface area contributed by atoms with E-state index in [-0.39, 0.29) is 25.2 Å². The second kappa shape index (κ2) is 4.58. The van der Waals surface area contributed by atoms with E-state index in [9.17, 15) is 0 Å². The van der Waals surface area contributed by atoms with E-state index < -0.39 is 0 Å². The monoisotopic (exact) mass is 318 g/mol. The van der Waals surface area contributed by atoms with E-state index in [1.54, 1.807) is 0 Å². The molecule has 0 aromatic carbocycles. The number of rotatable bonds is 1. The molecule has 0 unspecified atom stereocenters. The zero-order valence-electron chi connectivity index (χ0n) is 6.46. The SMILES string of the molecule is [C-]#[N+][CH2][Au][C]#CC(C)(C)C. The van der Waals surface area contributed by atoms with Crippen molar-refractivity contribution < 1.29 is 19.8 Å². The summed E-state index contributed by atoms with van der Waals surface area (Å²) in [4.78, 5) is 3.25. The van der Waals surface area contributed by atoms with Crippen LogP contribution in [0.2, 0.25) is 0 Å². The van der Waals surface area contributed by atoms with Gasteiger partial charge in [0.15, 0.2) is 0 Å². The van der Waals surface area contributed by atoms with Gasteiger partial charge < -0.3 is 0 Å². The molecular formula is C8H11AuN. The molecule has 0 spiro atoms. The molecule has 0 atom stereocenters. The molecule has 0 bridgehead atoms. The molecule has 0 aliphatic carbocycles. The summed E-state index contributed by atoms with van der Waals surface area (Å²) in [6.45, 7) is 12.8. The van der Waals surface area contributed by atoms with Crippen molar-refractivity contribution in [2.24, 2.45) is 5.41 Å². The van der Waals surface area contributed by atoms with Gasteiger partial charge in [-0.1, -0.05) is 0 Å². The average Bonchev–Trinajstić information content (AvgIpc) is 1.78. The molecule has 0 saturated carbocycles. The van der Waals surface area contributed by atoms with Crippen LogP contribution in [0.1, 0.15) is 20.8 Å². The molecule has 1 nitrogen and oxygen atoms in total. The van der Waals surface area contributed by atoms with Gasteiger partial charge >= 0.3 is 72.2 Å². The Morgan fingerprint density at radius 3 is 2.50 bits per heavy atom. The predicted molar refractivity (Wildman–Crippen MR) is 38.7 cm³/mol. The first-order valence-corrected chi connectivity index (χ1v) is 5.52. The molecule has 0 heterocycles. The third-order valence-corrected chi connectivity index (χ3v) is 1.90. The van der Waals surface area contributed by atoms with Gasteiger partial charge in [-0.2, -0.15) is 0 Å². The fraction of sp³-hybridized carbons (Fsp3) is 0.625. The van der Waals surface area contributed by atoms with Gasteiger partial charge in [0, 0.05) is 0 Å². The average molecular weight is 318 g/mol. The maximum atomic E-state index is 6.52. The Bertz CT molecular complexity index is 184. The minimum absolute atomic E-state index is 0.0559. The Morgan fingerprint density at radius 1 is 1.50 bits per heavy atom. The van der Waals surface area contributed by atoms with Crippen LogP contribution in [0.3, 0.4) is 0 Å². The first kappa shape index (κ1) is 9.79. The third kappa shape index (κ3) is 7.79. The van der Waals surface area contributed by atoms with Gasteiger partial charge in [0.2, 0.25) is 0 Å². The number of hydrogen-bond acceptors (Lipinski definition) is 0. The molecule has 0 aliphatic rings. The van der Waals surface area contributed by atoms with E-state index in [4.69, 9.17) is 6.57 Å². The summed E-state index contributed by atoms with van der Waals surface area (Å²) in [5, 5.41) is 0. The van der Waals surface area contributed by atoms with Crippen LogP contribution in [0.25, 0.3) is 4.85 Å². The fourth-order valence-electron chi connectivity index (χ4n) is 0.187. The molecule has 0 radical (unpaired) electrons. The molecule has 0 fully saturated rings. The summed E-state index contributed by atoms with van der Waals surface area (Å²) in [6, 6.07) is 0. The Labute approximate surface area is 72.3 Å². The Kier molecular flexibility index (Phi) is 4.49. The standard InChI is InChI=1S/C6H9.C2H2N.Au/c1-5-6(2,3)4;1-3-2;/h2-4H3;1H2;. The summed E-state index contributed by atoms with van der Waals surface area (Å²) < 4.78 is 3.69. The van der Waals surface area contributed by atoms with Crippen LogP contribution in [0.5, 0.6) is 0 Å². The van der Waals surface area contributed by atoms with E-state index in [0.29, 0.717) is 4.76 Å². The zero-order valence-corrected chi connectivity index (χ0v) is 8.62. The number of hydrogen-bond donors (Lipinski definition) is 0. The van der Waals surface area contributed by atoms with Gasteiger partial charge in [0.05, 0.1) is 0 Å². The summed E-state index contributed by atoms with van der Waals surface area (Å²) in [7, 11) is 0. The summed E-state index contributed by atoms with van der Waals surface area (Å²) >= 11 is -0.0559. The van der Waals surface area contributed by atoms with Gasteiger partial charge in [-0.15, -0.1) is 0 Å². The Morgan fingerprint density at radius 2 is 2.10 bits per heavy atom. The summed E-state index contributed by atoms with van der Waals surface area (Å²) in [6.07, 6.45) is 0. The molecule has 10 heavy (non-hydrogen) atoms. The van der Waals surface area contributed by atoms with Gasteiger partial charge in [0.1, 0.15) is 0 Å². The normalized spacial score (nSPS) is 9.80. The van der Waals surface area contributed by atoms with E-state index in [1.807, 2.05) is 0 Å². The van der Waals surface area contributed by atoms with E-state index in [1.165, 1.54) is 0 Å². The molecule has 2 heteroatoms. The van der Waals surface area contributed by atoms with Crippen molar-refractivity contribution >= 4 is 0 Å². The van der Waals surface area contributed by atoms with Gasteiger partial charge in [-0.05, 0) is 0 Å². The topological polar surface area (TPSA) is 4.36 Å². The van der Waals surface area contributed by atoms with Crippen molar-refractivity contribution in [1.82, 2.24) is 0 Å². The molecule has 0 amide bonds. The van der Waals surface area contributed by atoms with E-state index in [2.05, 4.69) is 35.7 Å². The van der Waals surface area contributed by atoms with Gasteiger partial charge in [0.25, 0.3) is 0 Å². The van der Waals surface area contributed by atoms with Crippen LogP contribution < -0.4 is 0 Å².